The highest BCUT2D eigenvalue weighted by molar-refractivity contribution is 5.42. The fourth-order valence-electron chi connectivity index (χ4n) is 3.23. The molecule has 0 aliphatic carbocycles. The minimum atomic E-state index is -0.226. The lowest BCUT2D eigenvalue weighted by molar-refractivity contribution is 0.0571. The van der Waals surface area contributed by atoms with E-state index in [1.54, 1.807) is 0 Å². The zero-order valence-electron chi connectivity index (χ0n) is 13.9. The largest absolute Gasteiger partial charge is 0.486 e. The zero-order chi connectivity index (χ0) is 17.2. The van der Waals surface area contributed by atoms with Gasteiger partial charge in [-0.3, -0.25) is 14.7 Å². The summed E-state index contributed by atoms with van der Waals surface area (Å²) >= 11 is 0. The van der Waals surface area contributed by atoms with E-state index in [0.717, 1.165) is 44.2 Å². The van der Waals surface area contributed by atoms with E-state index in [1.807, 2.05) is 24.3 Å². The maximum atomic E-state index is 11.5. The predicted octanol–water partition coefficient (Wildman–Crippen LogP) is 0.314. The minimum absolute atomic E-state index is 0.0230. The molecular weight excluding hydrogens is 322 g/mol. The number of fused-ring (bicyclic) bond motifs is 1. The summed E-state index contributed by atoms with van der Waals surface area (Å²) in [6, 6.07) is 9.23. The molecule has 0 bridgehead atoms. The standard InChI is InChI=1S/C17H21N5O3/c18-17-19-15(9-16(23)20-17)22-7-5-21(6-8-22)10-12-11-24-13-3-1-2-4-14(13)25-12/h1-4,9,12H,5-8,10-11H2,(H3,18,19,20,23). The minimum Gasteiger partial charge on any atom is -0.486 e. The van der Waals surface area contributed by atoms with Crippen molar-refractivity contribution in [1.82, 2.24) is 14.9 Å². The number of piperazine rings is 1. The lowest BCUT2D eigenvalue weighted by Gasteiger charge is -2.37. The number of nitrogens with one attached hydrogen (secondary N) is 1. The summed E-state index contributed by atoms with van der Waals surface area (Å²) < 4.78 is 11.8. The van der Waals surface area contributed by atoms with Crippen molar-refractivity contribution in [3.8, 4) is 11.5 Å². The molecule has 3 N–H and O–H groups in total. The van der Waals surface area contributed by atoms with E-state index in [9.17, 15) is 4.79 Å². The molecule has 1 aromatic heterocycles. The molecule has 3 heterocycles. The van der Waals surface area contributed by atoms with Crippen LogP contribution in [0.5, 0.6) is 11.5 Å². The van der Waals surface area contributed by atoms with Crippen LogP contribution in [0.3, 0.4) is 0 Å². The lowest BCUT2D eigenvalue weighted by Crippen LogP contribution is -2.51. The van der Waals surface area contributed by atoms with E-state index in [2.05, 4.69) is 19.8 Å². The summed E-state index contributed by atoms with van der Waals surface area (Å²) in [5, 5.41) is 0. The Morgan fingerprint density at radius 2 is 1.96 bits per heavy atom. The van der Waals surface area contributed by atoms with Gasteiger partial charge in [0.2, 0.25) is 5.95 Å². The second-order valence-corrected chi connectivity index (χ2v) is 6.27. The predicted molar refractivity (Wildman–Crippen MR) is 94.3 cm³/mol. The maximum absolute atomic E-state index is 11.5. The highest BCUT2D eigenvalue weighted by atomic mass is 16.6. The normalized spacial score (nSPS) is 20.5. The van der Waals surface area contributed by atoms with Gasteiger partial charge in [-0.1, -0.05) is 12.1 Å². The number of anilines is 2. The van der Waals surface area contributed by atoms with Gasteiger partial charge in [0.1, 0.15) is 18.5 Å². The first-order valence-corrected chi connectivity index (χ1v) is 8.40. The van der Waals surface area contributed by atoms with Gasteiger partial charge in [0.25, 0.3) is 5.56 Å². The van der Waals surface area contributed by atoms with Crippen LogP contribution in [-0.2, 0) is 0 Å². The van der Waals surface area contributed by atoms with Gasteiger partial charge in [-0.15, -0.1) is 0 Å². The fraction of sp³-hybridized carbons (Fsp3) is 0.412. The van der Waals surface area contributed by atoms with Crippen LogP contribution in [0, 0.1) is 0 Å². The number of para-hydroxylation sites is 2. The van der Waals surface area contributed by atoms with Crippen molar-refractivity contribution in [3.05, 3.63) is 40.7 Å². The van der Waals surface area contributed by atoms with Gasteiger partial charge >= 0.3 is 0 Å². The first-order chi connectivity index (χ1) is 12.2. The summed E-state index contributed by atoms with van der Waals surface area (Å²) in [6.45, 7) is 4.70. The molecule has 1 saturated heterocycles. The van der Waals surface area contributed by atoms with Crippen molar-refractivity contribution < 1.29 is 9.47 Å². The molecule has 1 atom stereocenters. The molecule has 0 amide bonds. The van der Waals surface area contributed by atoms with Crippen molar-refractivity contribution in [2.75, 3.05) is 50.0 Å². The van der Waals surface area contributed by atoms with Crippen LogP contribution in [0.1, 0.15) is 0 Å². The van der Waals surface area contributed by atoms with E-state index in [-0.39, 0.29) is 17.6 Å². The van der Waals surface area contributed by atoms with Gasteiger partial charge in [-0.05, 0) is 12.1 Å². The number of benzene rings is 1. The van der Waals surface area contributed by atoms with E-state index < -0.39 is 0 Å². The molecule has 8 heteroatoms. The van der Waals surface area contributed by atoms with Crippen molar-refractivity contribution in [3.63, 3.8) is 0 Å². The maximum Gasteiger partial charge on any atom is 0.254 e. The van der Waals surface area contributed by atoms with Crippen molar-refractivity contribution in [2.24, 2.45) is 0 Å². The first-order valence-electron chi connectivity index (χ1n) is 8.40. The Morgan fingerprint density at radius 3 is 2.72 bits per heavy atom. The van der Waals surface area contributed by atoms with E-state index in [4.69, 9.17) is 15.2 Å². The Bertz CT molecular complexity index is 801. The highest BCUT2D eigenvalue weighted by Crippen LogP contribution is 2.31. The van der Waals surface area contributed by atoms with E-state index in [0.29, 0.717) is 12.4 Å². The lowest BCUT2D eigenvalue weighted by atomic mass is 10.2. The van der Waals surface area contributed by atoms with Gasteiger partial charge in [0, 0.05) is 38.8 Å². The Morgan fingerprint density at radius 1 is 1.20 bits per heavy atom. The number of aromatic nitrogens is 2. The molecule has 0 spiro atoms. The van der Waals surface area contributed by atoms with E-state index >= 15 is 0 Å². The molecule has 2 aliphatic rings. The van der Waals surface area contributed by atoms with Crippen molar-refractivity contribution in [2.45, 2.75) is 6.10 Å². The molecule has 2 aliphatic heterocycles. The molecule has 4 rings (SSSR count). The average Bonchev–Trinajstić information content (AvgIpc) is 2.61. The molecule has 25 heavy (non-hydrogen) atoms. The number of nitrogen functional groups attached to an aromatic ring is 1. The van der Waals surface area contributed by atoms with Crippen LogP contribution < -0.4 is 25.7 Å². The first kappa shape index (κ1) is 15.8. The van der Waals surface area contributed by atoms with Crippen molar-refractivity contribution >= 4 is 11.8 Å². The van der Waals surface area contributed by atoms with Crippen molar-refractivity contribution in [1.29, 1.82) is 0 Å². The molecule has 1 unspecified atom stereocenters. The summed E-state index contributed by atoms with van der Waals surface area (Å²) in [7, 11) is 0. The molecule has 0 radical (unpaired) electrons. The smallest absolute Gasteiger partial charge is 0.254 e. The van der Waals surface area contributed by atoms with Gasteiger partial charge in [0.15, 0.2) is 11.5 Å². The number of ether oxygens (including phenoxy) is 2. The van der Waals surface area contributed by atoms with Crippen LogP contribution in [-0.4, -0.2) is 60.3 Å². The average molecular weight is 343 g/mol. The number of nitrogens with zero attached hydrogens (tertiary/aromatic N) is 3. The Balaban J connectivity index is 1.33. The topological polar surface area (TPSA) is 96.7 Å². The van der Waals surface area contributed by atoms with Gasteiger partial charge in [-0.2, -0.15) is 4.98 Å². The Hall–Kier alpha value is -2.74. The molecular formula is C17H21N5O3. The molecule has 0 saturated carbocycles. The van der Waals surface area contributed by atoms with Gasteiger partial charge in [-0.25, -0.2) is 0 Å². The third kappa shape index (κ3) is 3.53. The van der Waals surface area contributed by atoms with Crippen LogP contribution in [0.15, 0.2) is 35.1 Å². The molecule has 132 valence electrons. The summed E-state index contributed by atoms with van der Waals surface area (Å²) in [4.78, 5) is 22.6. The third-order valence-corrected chi connectivity index (χ3v) is 4.47. The number of hydrogen-bond donors (Lipinski definition) is 2. The summed E-state index contributed by atoms with van der Waals surface area (Å²) in [6.07, 6.45) is 0.0230. The molecule has 8 nitrogen and oxygen atoms in total. The molecule has 1 fully saturated rings. The molecule has 1 aromatic carbocycles. The van der Waals surface area contributed by atoms with Gasteiger partial charge < -0.3 is 20.1 Å². The van der Waals surface area contributed by atoms with Crippen LogP contribution in [0.4, 0.5) is 11.8 Å². The fourth-order valence-corrected chi connectivity index (χ4v) is 3.23. The Kier molecular flexibility index (Phi) is 4.19. The summed E-state index contributed by atoms with van der Waals surface area (Å²) in [5.41, 5.74) is 5.40. The third-order valence-electron chi connectivity index (χ3n) is 4.47. The molecule has 2 aromatic rings. The Labute approximate surface area is 145 Å². The van der Waals surface area contributed by atoms with Crippen LogP contribution >= 0.6 is 0 Å². The van der Waals surface area contributed by atoms with E-state index in [1.165, 1.54) is 6.07 Å². The number of aromatic amines is 1. The monoisotopic (exact) mass is 343 g/mol. The number of rotatable bonds is 3. The van der Waals surface area contributed by atoms with Gasteiger partial charge in [0.05, 0.1) is 0 Å². The zero-order valence-corrected chi connectivity index (χ0v) is 13.9. The quantitative estimate of drug-likeness (QED) is 0.828. The second kappa shape index (κ2) is 6.64. The number of nitrogens with two attached hydrogens (primary N) is 1. The second-order valence-electron chi connectivity index (χ2n) is 6.27. The van der Waals surface area contributed by atoms with Crippen LogP contribution in [0.25, 0.3) is 0 Å². The van der Waals surface area contributed by atoms with Crippen LogP contribution in [0.2, 0.25) is 0 Å². The SMILES string of the molecule is Nc1nc(N2CCN(CC3COc4ccccc4O3)CC2)cc(=O)[nH]1. The highest BCUT2D eigenvalue weighted by Gasteiger charge is 2.25. The summed E-state index contributed by atoms with van der Waals surface area (Å²) in [5.74, 6) is 2.39. The number of hydrogen-bond acceptors (Lipinski definition) is 7. The number of H-pyrrole nitrogens is 1.